The highest BCUT2D eigenvalue weighted by molar-refractivity contribution is 7.99. The van der Waals surface area contributed by atoms with Crippen LogP contribution in [0, 0.1) is 11.2 Å². The monoisotopic (exact) mass is 378 g/mol. The van der Waals surface area contributed by atoms with Crippen LogP contribution in [0.5, 0.6) is 0 Å². The standard InChI is InChI=1S/C19H21BN4S.C2H6/c1-14(23-22)16-5-3-15(4-6-16)12-24(25-2)19-8-7-17-10-20(13-21)11-18(17)9-19;1-2/h3-9,23H,1,10-12,22H2,2H3;1-2H3. The van der Waals surface area contributed by atoms with Crippen molar-refractivity contribution in [3.05, 3.63) is 71.3 Å². The Morgan fingerprint density at radius 1 is 1.22 bits per heavy atom. The van der Waals surface area contributed by atoms with Gasteiger partial charge in [0.2, 0.25) is 0 Å². The molecule has 27 heavy (non-hydrogen) atoms. The van der Waals surface area contributed by atoms with Crippen LogP contribution >= 0.6 is 11.9 Å². The van der Waals surface area contributed by atoms with Crippen LogP contribution in [-0.4, -0.2) is 13.0 Å². The average molecular weight is 378 g/mol. The fraction of sp³-hybridized carbons (Fsp3) is 0.286. The van der Waals surface area contributed by atoms with Crippen molar-refractivity contribution in [2.75, 3.05) is 10.6 Å². The lowest BCUT2D eigenvalue weighted by Crippen LogP contribution is -2.19. The third kappa shape index (κ3) is 5.09. The van der Waals surface area contributed by atoms with Crippen molar-refractivity contribution in [2.45, 2.75) is 33.0 Å². The summed E-state index contributed by atoms with van der Waals surface area (Å²) in [5, 5.41) is 9.15. The molecule has 3 rings (SSSR count). The summed E-state index contributed by atoms with van der Waals surface area (Å²) in [4.78, 5) is 0. The molecule has 6 heteroatoms. The van der Waals surface area contributed by atoms with Gasteiger partial charge in [-0.2, -0.15) is 0 Å². The maximum Gasteiger partial charge on any atom is 0.276 e. The van der Waals surface area contributed by atoms with Crippen LogP contribution in [0.2, 0.25) is 0 Å². The number of rotatable bonds is 6. The summed E-state index contributed by atoms with van der Waals surface area (Å²) in [6, 6.07) is 14.8. The third-order valence-corrected chi connectivity index (χ3v) is 5.40. The summed E-state index contributed by atoms with van der Waals surface area (Å²) in [6.07, 6.45) is 3.83. The van der Waals surface area contributed by atoms with Crippen LogP contribution in [0.25, 0.3) is 5.70 Å². The lowest BCUT2D eigenvalue weighted by Gasteiger charge is -2.23. The predicted octanol–water partition coefficient (Wildman–Crippen LogP) is 4.17. The van der Waals surface area contributed by atoms with Gasteiger partial charge in [0.25, 0.3) is 6.71 Å². The zero-order valence-electron chi connectivity index (χ0n) is 16.3. The number of hydrazine groups is 1. The summed E-state index contributed by atoms with van der Waals surface area (Å²) in [5.41, 5.74) is 9.30. The number of hydrogen-bond acceptors (Lipinski definition) is 5. The quantitative estimate of drug-likeness (QED) is 0.342. The molecule has 0 aliphatic carbocycles. The van der Waals surface area contributed by atoms with Gasteiger partial charge in [0, 0.05) is 23.6 Å². The van der Waals surface area contributed by atoms with E-state index in [1.54, 1.807) is 11.9 Å². The normalized spacial score (nSPS) is 11.7. The summed E-state index contributed by atoms with van der Waals surface area (Å²) < 4.78 is 2.27. The second kappa shape index (κ2) is 10.1. The van der Waals surface area contributed by atoms with Crippen molar-refractivity contribution in [3.63, 3.8) is 0 Å². The van der Waals surface area contributed by atoms with E-state index in [0.29, 0.717) is 5.70 Å². The number of anilines is 1. The van der Waals surface area contributed by atoms with Crippen LogP contribution in [0.3, 0.4) is 0 Å². The van der Waals surface area contributed by atoms with Crippen molar-refractivity contribution >= 4 is 30.0 Å². The lowest BCUT2D eigenvalue weighted by molar-refractivity contribution is 0.993. The van der Waals surface area contributed by atoms with E-state index in [9.17, 15) is 0 Å². The molecule has 0 atom stereocenters. The number of nitrogens with one attached hydrogen (secondary N) is 1. The molecule has 4 nitrogen and oxygen atoms in total. The minimum atomic E-state index is 0.129. The van der Waals surface area contributed by atoms with Crippen LogP contribution in [-0.2, 0) is 19.2 Å². The zero-order valence-corrected chi connectivity index (χ0v) is 17.1. The Morgan fingerprint density at radius 2 is 1.89 bits per heavy atom. The largest absolute Gasteiger partial charge is 0.324 e. The minimum Gasteiger partial charge on any atom is -0.324 e. The van der Waals surface area contributed by atoms with Crippen molar-refractivity contribution in [1.82, 2.24) is 5.43 Å². The van der Waals surface area contributed by atoms with Gasteiger partial charge in [-0.15, -0.1) is 0 Å². The van der Waals surface area contributed by atoms with Gasteiger partial charge in [0.1, 0.15) is 0 Å². The highest BCUT2D eigenvalue weighted by Gasteiger charge is 2.25. The molecule has 2 aromatic carbocycles. The summed E-state index contributed by atoms with van der Waals surface area (Å²) in [5.74, 6) is 7.80. The van der Waals surface area contributed by atoms with E-state index in [4.69, 9.17) is 11.1 Å². The Labute approximate surface area is 167 Å². The molecule has 0 fully saturated rings. The molecule has 0 radical (unpaired) electrons. The average Bonchev–Trinajstić information content (AvgIpc) is 3.15. The zero-order chi connectivity index (χ0) is 19.8. The summed E-state index contributed by atoms with van der Waals surface area (Å²) in [6.45, 7) is 8.81. The number of hydrogen-bond donors (Lipinski definition) is 2. The molecule has 0 unspecified atom stereocenters. The van der Waals surface area contributed by atoms with E-state index in [1.807, 2.05) is 26.0 Å². The van der Waals surface area contributed by atoms with Gasteiger partial charge >= 0.3 is 0 Å². The number of nitrogens with zero attached hydrogens (tertiary/aromatic N) is 2. The number of nitriles is 1. The predicted molar refractivity (Wildman–Crippen MR) is 119 cm³/mol. The fourth-order valence-corrected chi connectivity index (χ4v) is 3.78. The van der Waals surface area contributed by atoms with E-state index < -0.39 is 0 Å². The van der Waals surface area contributed by atoms with Crippen molar-refractivity contribution in [2.24, 2.45) is 5.84 Å². The molecule has 1 heterocycles. The highest BCUT2D eigenvalue weighted by atomic mass is 32.2. The van der Waals surface area contributed by atoms with Crippen LogP contribution in [0.15, 0.2) is 49.0 Å². The number of fused-ring (bicyclic) bond motifs is 1. The first kappa shape index (κ1) is 21.0. The Bertz CT molecular complexity index is 814. The van der Waals surface area contributed by atoms with E-state index in [1.165, 1.54) is 22.4 Å². The summed E-state index contributed by atoms with van der Waals surface area (Å²) in [7, 11) is 0. The second-order valence-electron chi connectivity index (χ2n) is 6.23. The second-order valence-corrected chi connectivity index (χ2v) is 7.03. The topological polar surface area (TPSA) is 65.1 Å². The molecule has 0 saturated carbocycles. The molecular formula is C21H27BN4S. The number of benzene rings is 2. The first-order chi connectivity index (χ1) is 13.1. The van der Waals surface area contributed by atoms with Gasteiger partial charge in [-0.1, -0.05) is 68.3 Å². The first-order valence-electron chi connectivity index (χ1n) is 9.22. The van der Waals surface area contributed by atoms with Crippen LogP contribution in [0.1, 0.15) is 36.1 Å². The molecule has 1 aliphatic rings. The third-order valence-electron chi connectivity index (χ3n) is 4.62. The van der Waals surface area contributed by atoms with Crippen LogP contribution in [0.4, 0.5) is 5.69 Å². The van der Waals surface area contributed by atoms with Crippen molar-refractivity contribution < 1.29 is 0 Å². The highest BCUT2D eigenvalue weighted by Crippen LogP contribution is 2.30. The molecule has 1 aliphatic heterocycles. The molecule has 2 aromatic rings. The van der Waals surface area contributed by atoms with Gasteiger partial charge in [-0.25, -0.2) is 5.26 Å². The first-order valence-corrected chi connectivity index (χ1v) is 10.4. The maximum atomic E-state index is 9.15. The maximum absolute atomic E-state index is 9.15. The van der Waals surface area contributed by atoms with Gasteiger partial charge in [-0.3, -0.25) is 5.84 Å². The minimum absolute atomic E-state index is 0.129. The lowest BCUT2D eigenvalue weighted by atomic mass is 9.49. The molecule has 0 bridgehead atoms. The molecule has 140 valence electrons. The fourth-order valence-electron chi connectivity index (χ4n) is 3.17. The van der Waals surface area contributed by atoms with Gasteiger partial charge in [0.15, 0.2) is 0 Å². The van der Waals surface area contributed by atoms with Gasteiger partial charge < -0.3 is 9.73 Å². The molecule has 0 amide bonds. The SMILES string of the molecule is C=C(NN)c1ccc(CN(SC)c2ccc3c(c2)CB(C#N)C3)cc1.CC. The molecule has 3 N–H and O–H groups in total. The summed E-state index contributed by atoms with van der Waals surface area (Å²) >= 11 is 1.70. The van der Waals surface area contributed by atoms with E-state index in [0.717, 1.165) is 24.7 Å². The molecule has 0 saturated heterocycles. The Hall–Kier alpha value is -2.36. The van der Waals surface area contributed by atoms with Crippen molar-refractivity contribution in [3.8, 4) is 5.97 Å². The smallest absolute Gasteiger partial charge is 0.276 e. The molecular weight excluding hydrogens is 351 g/mol. The Balaban J connectivity index is 0.00000126. The molecule has 0 spiro atoms. The van der Waals surface area contributed by atoms with E-state index >= 15 is 0 Å². The molecule has 0 aromatic heterocycles. The van der Waals surface area contributed by atoms with Gasteiger partial charge in [0.05, 0.1) is 6.54 Å². The Kier molecular flexibility index (Phi) is 7.84. The number of nitrogens with two attached hydrogens (primary N) is 1. The van der Waals surface area contributed by atoms with Crippen molar-refractivity contribution in [1.29, 1.82) is 5.26 Å². The Morgan fingerprint density at radius 3 is 2.48 bits per heavy atom. The van der Waals surface area contributed by atoms with E-state index in [-0.39, 0.29) is 6.71 Å². The van der Waals surface area contributed by atoms with Crippen LogP contribution < -0.4 is 15.6 Å². The van der Waals surface area contributed by atoms with Gasteiger partial charge in [-0.05, 0) is 41.5 Å². The van der Waals surface area contributed by atoms with E-state index in [2.05, 4.69) is 58.9 Å².